The van der Waals surface area contributed by atoms with Crippen LogP contribution in [0.5, 0.6) is 0 Å². The zero-order valence-corrected chi connectivity index (χ0v) is 14.6. The van der Waals surface area contributed by atoms with Gasteiger partial charge in [0.1, 0.15) is 0 Å². The fourth-order valence-corrected chi connectivity index (χ4v) is 3.81. The topological polar surface area (TPSA) is 35.6 Å². The number of urea groups is 1. The van der Waals surface area contributed by atoms with E-state index in [2.05, 4.69) is 28.4 Å². The number of hydrogen-bond acceptors (Lipinski definition) is 2. The fraction of sp³-hybridized carbons (Fsp3) is 0.381. The van der Waals surface area contributed by atoms with Crippen molar-refractivity contribution < 1.29 is 4.79 Å². The third-order valence-corrected chi connectivity index (χ3v) is 5.19. The summed E-state index contributed by atoms with van der Waals surface area (Å²) in [6.07, 6.45) is 4.60. The van der Waals surface area contributed by atoms with Crippen molar-refractivity contribution in [3.05, 3.63) is 59.7 Å². The van der Waals surface area contributed by atoms with Crippen LogP contribution in [-0.4, -0.2) is 25.7 Å². The molecule has 4 heteroatoms. The smallest absolute Gasteiger partial charge is 0.322 e. The Bertz CT molecular complexity index is 738. The molecule has 2 aromatic carbocycles. The van der Waals surface area contributed by atoms with E-state index in [9.17, 15) is 4.79 Å². The number of amides is 2. The number of fused-ring (bicyclic) bond motifs is 1. The van der Waals surface area contributed by atoms with Crippen molar-refractivity contribution in [2.45, 2.75) is 32.2 Å². The molecule has 0 spiro atoms. The second-order valence-electron chi connectivity index (χ2n) is 6.91. The molecule has 1 saturated heterocycles. The Hall–Kier alpha value is -2.49. The summed E-state index contributed by atoms with van der Waals surface area (Å²) in [6.45, 7) is 3.60. The van der Waals surface area contributed by atoms with Crippen LogP contribution >= 0.6 is 0 Å². The second kappa shape index (κ2) is 7.18. The first kappa shape index (κ1) is 16.0. The molecular weight excluding hydrogens is 310 g/mol. The predicted octanol–water partition coefficient (Wildman–Crippen LogP) is 3.95. The SMILES string of the molecule is O=C(NCc1ccccc1)N1CCCc2ccc(N3CCCC3)cc21. The van der Waals surface area contributed by atoms with Gasteiger partial charge in [-0.1, -0.05) is 36.4 Å². The van der Waals surface area contributed by atoms with Crippen molar-refractivity contribution in [1.29, 1.82) is 0 Å². The first-order valence-electron chi connectivity index (χ1n) is 9.28. The van der Waals surface area contributed by atoms with Gasteiger partial charge in [-0.2, -0.15) is 0 Å². The molecular formula is C21H25N3O. The molecule has 0 aromatic heterocycles. The quantitative estimate of drug-likeness (QED) is 0.922. The molecule has 2 aliphatic heterocycles. The Morgan fingerprint density at radius 3 is 2.56 bits per heavy atom. The average molecular weight is 335 g/mol. The Morgan fingerprint density at radius 1 is 0.960 bits per heavy atom. The number of hydrogen-bond donors (Lipinski definition) is 1. The van der Waals surface area contributed by atoms with Gasteiger partial charge >= 0.3 is 6.03 Å². The van der Waals surface area contributed by atoms with E-state index in [4.69, 9.17) is 0 Å². The van der Waals surface area contributed by atoms with Crippen LogP contribution in [0.4, 0.5) is 16.2 Å². The van der Waals surface area contributed by atoms with Gasteiger partial charge in [-0.25, -0.2) is 4.79 Å². The number of anilines is 2. The lowest BCUT2D eigenvalue weighted by molar-refractivity contribution is 0.245. The van der Waals surface area contributed by atoms with Crippen LogP contribution in [0, 0.1) is 0 Å². The van der Waals surface area contributed by atoms with Crippen molar-refractivity contribution in [2.24, 2.45) is 0 Å². The van der Waals surface area contributed by atoms with Crippen molar-refractivity contribution in [1.82, 2.24) is 5.32 Å². The zero-order chi connectivity index (χ0) is 17.1. The van der Waals surface area contributed by atoms with E-state index in [1.807, 2.05) is 35.2 Å². The van der Waals surface area contributed by atoms with E-state index < -0.39 is 0 Å². The van der Waals surface area contributed by atoms with Crippen molar-refractivity contribution in [3.8, 4) is 0 Å². The van der Waals surface area contributed by atoms with Crippen LogP contribution in [0.1, 0.15) is 30.4 Å². The van der Waals surface area contributed by atoms with Crippen LogP contribution in [0.25, 0.3) is 0 Å². The van der Waals surface area contributed by atoms with E-state index >= 15 is 0 Å². The van der Waals surface area contributed by atoms with Gasteiger partial charge in [0.05, 0.1) is 5.69 Å². The molecule has 130 valence electrons. The van der Waals surface area contributed by atoms with Crippen molar-refractivity contribution in [2.75, 3.05) is 29.4 Å². The molecule has 1 fully saturated rings. The lowest BCUT2D eigenvalue weighted by Gasteiger charge is -2.31. The summed E-state index contributed by atoms with van der Waals surface area (Å²) in [5.74, 6) is 0. The van der Waals surface area contributed by atoms with E-state index in [0.717, 1.165) is 43.7 Å². The molecule has 2 aromatic rings. The van der Waals surface area contributed by atoms with Crippen LogP contribution < -0.4 is 15.1 Å². The van der Waals surface area contributed by atoms with Crippen LogP contribution in [-0.2, 0) is 13.0 Å². The molecule has 0 radical (unpaired) electrons. The summed E-state index contributed by atoms with van der Waals surface area (Å²) >= 11 is 0. The van der Waals surface area contributed by atoms with Gasteiger partial charge in [-0.05, 0) is 48.9 Å². The van der Waals surface area contributed by atoms with Gasteiger partial charge in [0.25, 0.3) is 0 Å². The van der Waals surface area contributed by atoms with Crippen LogP contribution in [0.15, 0.2) is 48.5 Å². The zero-order valence-electron chi connectivity index (χ0n) is 14.6. The summed E-state index contributed by atoms with van der Waals surface area (Å²) in [5, 5.41) is 3.07. The largest absolute Gasteiger partial charge is 0.371 e. The molecule has 25 heavy (non-hydrogen) atoms. The number of nitrogens with zero attached hydrogens (tertiary/aromatic N) is 2. The summed E-state index contributed by atoms with van der Waals surface area (Å²) in [5.41, 5.74) is 4.74. The lowest BCUT2D eigenvalue weighted by atomic mass is 10.0. The van der Waals surface area contributed by atoms with Gasteiger partial charge in [0.2, 0.25) is 0 Å². The van der Waals surface area contributed by atoms with Crippen LogP contribution in [0.3, 0.4) is 0 Å². The molecule has 4 nitrogen and oxygen atoms in total. The van der Waals surface area contributed by atoms with Gasteiger partial charge in [0.15, 0.2) is 0 Å². The summed E-state index contributed by atoms with van der Waals surface area (Å²) in [4.78, 5) is 17.1. The Labute approximate surface area is 149 Å². The van der Waals surface area contributed by atoms with Gasteiger partial charge in [-0.3, -0.25) is 4.90 Å². The number of rotatable bonds is 3. The monoisotopic (exact) mass is 335 g/mol. The minimum Gasteiger partial charge on any atom is -0.371 e. The van der Waals surface area contributed by atoms with Gasteiger partial charge in [-0.15, -0.1) is 0 Å². The maximum atomic E-state index is 12.8. The molecule has 2 amide bonds. The molecule has 0 saturated carbocycles. The molecule has 0 unspecified atom stereocenters. The molecule has 2 heterocycles. The molecule has 4 rings (SSSR count). The summed E-state index contributed by atoms with van der Waals surface area (Å²) < 4.78 is 0. The molecule has 2 aliphatic rings. The highest BCUT2D eigenvalue weighted by atomic mass is 16.2. The number of carbonyl (C=O) groups excluding carboxylic acids is 1. The first-order valence-corrected chi connectivity index (χ1v) is 9.28. The van der Waals surface area contributed by atoms with Crippen molar-refractivity contribution in [3.63, 3.8) is 0 Å². The Morgan fingerprint density at radius 2 is 1.76 bits per heavy atom. The van der Waals surface area contributed by atoms with Crippen LogP contribution in [0.2, 0.25) is 0 Å². The third-order valence-electron chi connectivity index (χ3n) is 5.19. The van der Waals surface area contributed by atoms with Crippen molar-refractivity contribution >= 4 is 17.4 Å². The normalized spacial score (nSPS) is 16.6. The molecule has 0 aliphatic carbocycles. The summed E-state index contributed by atoms with van der Waals surface area (Å²) in [6, 6.07) is 16.7. The number of carbonyl (C=O) groups is 1. The molecule has 0 bridgehead atoms. The number of nitrogens with one attached hydrogen (secondary N) is 1. The highest BCUT2D eigenvalue weighted by Gasteiger charge is 2.24. The molecule has 0 atom stereocenters. The first-order chi connectivity index (χ1) is 12.3. The van der Waals surface area contributed by atoms with Gasteiger partial charge < -0.3 is 10.2 Å². The molecule has 1 N–H and O–H groups in total. The van der Waals surface area contributed by atoms with Gasteiger partial charge in [0, 0.05) is 31.9 Å². The highest BCUT2D eigenvalue weighted by molar-refractivity contribution is 5.94. The fourth-order valence-electron chi connectivity index (χ4n) is 3.81. The third kappa shape index (κ3) is 3.48. The highest BCUT2D eigenvalue weighted by Crippen LogP contribution is 2.32. The number of benzene rings is 2. The van der Waals surface area contributed by atoms with E-state index in [1.54, 1.807) is 0 Å². The maximum absolute atomic E-state index is 12.8. The van der Waals surface area contributed by atoms with E-state index in [1.165, 1.54) is 24.1 Å². The minimum atomic E-state index is 0.00313. The second-order valence-corrected chi connectivity index (χ2v) is 6.91. The summed E-state index contributed by atoms with van der Waals surface area (Å²) in [7, 11) is 0. The Kier molecular flexibility index (Phi) is 4.59. The van der Waals surface area contributed by atoms with E-state index in [0.29, 0.717) is 6.54 Å². The number of aryl methyl sites for hydroxylation is 1. The Balaban J connectivity index is 1.51. The van der Waals surface area contributed by atoms with E-state index in [-0.39, 0.29) is 6.03 Å². The lowest BCUT2D eigenvalue weighted by Crippen LogP contribution is -2.42. The average Bonchev–Trinajstić information content (AvgIpc) is 3.21. The standard InChI is InChI=1S/C21H25N3O/c25-21(22-16-17-7-2-1-3-8-17)24-14-6-9-18-10-11-19(15-20(18)24)23-12-4-5-13-23/h1-3,7-8,10-11,15H,4-6,9,12-14,16H2,(H,22,25). The predicted molar refractivity (Wildman–Crippen MR) is 102 cm³/mol. The minimum absolute atomic E-state index is 0.00313. The maximum Gasteiger partial charge on any atom is 0.322 e.